The zero-order valence-electron chi connectivity index (χ0n) is 17.0. The molecule has 5 nitrogen and oxygen atoms in total. The van der Waals surface area contributed by atoms with E-state index in [0.717, 1.165) is 23.8 Å². The number of hydrogen-bond donors (Lipinski definition) is 1. The van der Waals surface area contributed by atoms with Crippen LogP contribution >= 0.6 is 11.3 Å². The normalized spacial score (nSPS) is 10.6. The first-order valence-electron chi connectivity index (χ1n) is 9.60. The van der Waals surface area contributed by atoms with Crippen molar-refractivity contribution in [3.8, 4) is 22.1 Å². The quantitative estimate of drug-likeness (QED) is 0.378. The second-order valence-corrected chi connectivity index (χ2v) is 7.63. The summed E-state index contributed by atoms with van der Waals surface area (Å²) in [7, 11) is 1.56. The number of aromatic nitrogens is 1. The van der Waals surface area contributed by atoms with Crippen molar-refractivity contribution < 1.29 is 23.0 Å². The molecule has 0 fully saturated rings. The van der Waals surface area contributed by atoms with Crippen LogP contribution in [0.3, 0.4) is 0 Å². The van der Waals surface area contributed by atoms with Gasteiger partial charge in [-0.25, -0.2) is 13.8 Å². The van der Waals surface area contributed by atoms with Gasteiger partial charge in [0, 0.05) is 28.3 Å². The number of rotatable bonds is 7. The molecule has 0 atom stereocenters. The number of anilines is 1. The van der Waals surface area contributed by atoms with E-state index in [-0.39, 0.29) is 18.1 Å². The molecular weight excluding hydrogens is 434 g/mol. The molecule has 8 heteroatoms. The fourth-order valence-corrected chi connectivity index (χ4v) is 3.72. The Balaban J connectivity index is 1.40. The lowest BCUT2D eigenvalue weighted by molar-refractivity contribution is 0.102. The lowest BCUT2D eigenvalue weighted by atomic mass is 10.2. The Labute approximate surface area is 187 Å². The van der Waals surface area contributed by atoms with Gasteiger partial charge in [-0.15, -0.1) is 11.3 Å². The molecule has 1 aromatic heterocycles. The maximum atomic E-state index is 13.7. The summed E-state index contributed by atoms with van der Waals surface area (Å²) in [5.74, 6) is -0.215. The highest BCUT2D eigenvalue weighted by molar-refractivity contribution is 7.13. The Kier molecular flexibility index (Phi) is 6.42. The van der Waals surface area contributed by atoms with Gasteiger partial charge in [0.25, 0.3) is 5.91 Å². The fourth-order valence-electron chi connectivity index (χ4n) is 2.92. The molecule has 4 aromatic rings. The third kappa shape index (κ3) is 5.09. The van der Waals surface area contributed by atoms with Gasteiger partial charge in [0.1, 0.15) is 40.4 Å². The lowest BCUT2D eigenvalue weighted by Crippen LogP contribution is -2.12. The highest BCUT2D eigenvalue weighted by Gasteiger charge is 2.13. The number of thiazole rings is 1. The first-order chi connectivity index (χ1) is 15.5. The average Bonchev–Trinajstić information content (AvgIpc) is 3.31. The van der Waals surface area contributed by atoms with Crippen molar-refractivity contribution >= 4 is 22.9 Å². The van der Waals surface area contributed by atoms with Gasteiger partial charge < -0.3 is 14.8 Å². The van der Waals surface area contributed by atoms with Crippen LogP contribution in [0.2, 0.25) is 0 Å². The van der Waals surface area contributed by atoms with Gasteiger partial charge >= 0.3 is 0 Å². The van der Waals surface area contributed by atoms with Gasteiger partial charge in [-0.3, -0.25) is 4.79 Å². The van der Waals surface area contributed by atoms with E-state index in [1.54, 1.807) is 61.0 Å². The maximum absolute atomic E-state index is 13.7. The molecule has 0 unspecified atom stereocenters. The highest BCUT2D eigenvalue weighted by Crippen LogP contribution is 2.27. The second-order valence-electron chi connectivity index (χ2n) is 6.77. The van der Waals surface area contributed by atoms with E-state index in [9.17, 15) is 13.6 Å². The van der Waals surface area contributed by atoms with Crippen LogP contribution in [0.5, 0.6) is 11.5 Å². The smallest absolute Gasteiger partial charge is 0.275 e. The van der Waals surface area contributed by atoms with E-state index >= 15 is 0 Å². The Morgan fingerprint density at radius 2 is 1.84 bits per heavy atom. The van der Waals surface area contributed by atoms with Gasteiger partial charge in [-0.1, -0.05) is 6.07 Å². The van der Waals surface area contributed by atoms with Crippen LogP contribution in [-0.4, -0.2) is 18.0 Å². The van der Waals surface area contributed by atoms with Crippen LogP contribution in [0.25, 0.3) is 10.6 Å². The lowest BCUT2D eigenvalue weighted by Gasteiger charge is -2.08. The Bertz CT molecular complexity index is 1240. The third-order valence-corrected chi connectivity index (χ3v) is 5.46. The van der Waals surface area contributed by atoms with E-state index in [2.05, 4.69) is 10.3 Å². The van der Waals surface area contributed by atoms with Crippen LogP contribution in [0.15, 0.2) is 72.1 Å². The average molecular weight is 452 g/mol. The zero-order chi connectivity index (χ0) is 22.5. The summed E-state index contributed by atoms with van der Waals surface area (Å²) < 4.78 is 37.7. The number of halogens is 2. The molecule has 1 amide bonds. The minimum absolute atomic E-state index is 0.0885. The van der Waals surface area contributed by atoms with Crippen molar-refractivity contribution in [1.29, 1.82) is 0 Å². The molecule has 0 aliphatic carbocycles. The van der Waals surface area contributed by atoms with Crippen LogP contribution in [0.4, 0.5) is 14.5 Å². The molecule has 0 bridgehead atoms. The topological polar surface area (TPSA) is 60.5 Å². The summed E-state index contributed by atoms with van der Waals surface area (Å²) in [6.45, 7) is -0.0885. The largest absolute Gasteiger partial charge is 0.497 e. The molecule has 0 saturated carbocycles. The van der Waals surface area contributed by atoms with Gasteiger partial charge in [0.15, 0.2) is 0 Å². The van der Waals surface area contributed by atoms with Gasteiger partial charge in [-0.2, -0.15) is 0 Å². The monoisotopic (exact) mass is 452 g/mol. The summed E-state index contributed by atoms with van der Waals surface area (Å²) in [4.78, 5) is 16.9. The molecule has 0 spiro atoms. The number of amides is 1. The number of benzene rings is 3. The van der Waals surface area contributed by atoms with Crippen molar-refractivity contribution in [2.45, 2.75) is 6.61 Å². The molecule has 162 valence electrons. The van der Waals surface area contributed by atoms with E-state index in [4.69, 9.17) is 9.47 Å². The fraction of sp³-hybridized carbons (Fsp3) is 0.0833. The summed E-state index contributed by atoms with van der Waals surface area (Å²) in [5.41, 5.74) is 1.86. The van der Waals surface area contributed by atoms with Crippen molar-refractivity contribution in [3.63, 3.8) is 0 Å². The number of ether oxygens (including phenoxy) is 2. The molecule has 0 saturated heterocycles. The molecule has 4 rings (SSSR count). The highest BCUT2D eigenvalue weighted by atomic mass is 32.1. The predicted octanol–water partition coefficient (Wildman–Crippen LogP) is 5.93. The predicted molar refractivity (Wildman–Crippen MR) is 119 cm³/mol. The Morgan fingerprint density at radius 1 is 1.03 bits per heavy atom. The van der Waals surface area contributed by atoms with Gasteiger partial charge in [-0.05, 0) is 54.6 Å². The third-order valence-electron chi connectivity index (χ3n) is 4.57. The first kappa shape index (κ1) is 21.5. The molecule has 0 aliphatic heterocycles. The molecule has 0 radical (unpaired) electrons. The van der Waals surface area contributed by atoms with Crippen LogP contribution in [-0.2, 0) is 6.61 Å². The molecule has 0 aliphatic rings. The van der Waals surface area contributed by atoms with Crippen molar-refractivity contribution in [2.75, 3.05) is 12.4 Å². The van der Waals surface area contributed by atoms with Crippen LogP contribution in [0.1, 0.15) is 16.1 Å². The Morgan fingerprint density at radius 3 is 2.62 bits per heavy atom. The molecular formula is C24H18F2N2O3S. The number of carbonyl (C=O) groups is 1. The first-order valence-corrected chi connectivity index (χ1v) is 10.5. The number of methoxy groups -OCH3 is 1. The molecule has 1 heterocycles. The molecule has 3 aromatic carbocycles. The maximum Gasteiger partial charge on any atom is 0.275 e. The van der Waals surface area contributed by atoms with E-state index < -0.39 is 11.6 Å². The Hall–Kier alpha value is -3.78. The minimum Gasteiger partial charge on any atom is -0.497 e. The van der Waals surface area contributed by atoms with Gasteiger partial charge in [0.05, 0.1) is 7.11 Å². The van der Waals surface area contributed by atoms with E-state index in [1.165, 1.54) is 11.3 Å². The van der Waals surface area contributed by atoms with Crippen LogP contribution in [0, 0.1) is 11.6 Å². The van der Waals surface area contributed by atoms with Crippen LogP contribution < -0.4 is 14.8 Å². The summed E-state index contributed by atoms with van der Waals surface area (Å²) in [6.07, 6.45) is 0. The standard InChI is InChI=1S/C24H18F2N2O3S/c1-30-20-4-2-3-18(12-20)27-23(29)22-14-32-24(28-22)15-5-8-19(9-6-15)31-13-16-11-17(25)7-10-21(16)26/h2-12,14H,13H2,1H3,(H,27,29). The molecule has 32 heavy (non-hydrogen) atoms. The zero-order valence-corrected chi connectivity index (χ0v) is 17.8. The number of nitrogens with zero attached hydrogens (tertiary/aromatic N) is 1. The van der Waals surface area contributed by atoms with Crippen molar-refractivity contribution in [2.24, 2.45) is 0 Å². The summed E-state index contributed by atoms with van der Waals surface area (Å²) in [5, 5.41) is 5.15. The van der Waals surface area contributed by atoms with E-state index in [1.807, 2.05) is 0 Å². The van der Waals surface area contributed by atoms with E-state index in [0.29, 0.717) is 27.9 Å². The number of nitrogens with one attached hydrogen (secondary N) is 1. The van der Waals surface area contributed by atoms with Crippen molar-refractivity contribution in [3.05, 3.63) is 95.0 Å². The van der Waals surface area contributed by atoms with Gasteiger partial charge in [0.2, 0.25) is 0 Å². The summed E-state index contributed by atoms with van der Waals surface area (Å²) >= 11 is 1.34. The SMILES string of the molecule is COc1cccc(NC(=O)c2csc(-c3ccc(OCc4cc(F)ccc4F)cc3)n2)c1. The second kappa shape index (κ2) is 9.57. The molecule has 1 N–H and O–H groups in total. The van der Waals surface area contributed by atoms with Crippen molar-refractivity contribution in [1.82, 2.24) is 4.98 Å². The summed E-state index contributed by atoms with van der Waals surface area (Å²) in [6, 6.07) is 17.3. The number of carbonyl (C=O) groups excluding carboxylic acids is 1. The minimum atomic E-state index is -0.523. The number of hydrogen-bond acceptors (Lipinski definition) is 5.